The average Bonchev–Trinajstić information content (AvgIpc) is 3.32. The molecule has 0 saturated carbocycles. The highest BCUT2D eigenvalue weighted by Crippen LogP contribution is 2.28. The van der Waals surface area contributed by atoms with Crippen LogP contribution in [0.1, 0.15) is 12.0 Å². The number of nitrogens with zero attached hydrogens (tertiary/aromatic N) is 2. The predicted molar refractivity (Wildman–Crippen MR) is 118 cm³/mol. The number of aromatic amines is 1. The van der Waals surface area contributed by atoms with Gasteiger partial charge in [-0.05, 0) is 18.2 Å². The number of rotatable bonds is 5. The summed E-state index contributed by atoms with van der Waals surface area (Å²) in [5, 5.41) is 7.63. The van der Waals surface area contributed by atoms with Crippen LogP contribution in [0.3, 0.4) is 0 Å². The minimum Gasteiger partial charge on any atom is -0.361 e. The quantitative estimate of drug-likeness (QED) is 0.333. The van der Waals surface area contributed by atoms with Gasteiger partial charge in [-0.3, -0.25) is 4.79 Å². The summed E-state index contributed by atoms with van der Waals surface area (Å²) >= 11 is 0. The number of aryl methyl sites for hydroxylation is 1. The van der Waals surface area contributed by atoms with E-state index in [-0.39, 0.29) is 5.91 Å². The van der Waals surface area contributed by atoms with E-state index in [1.54, 1.807) is 6.21 Å². The van der Waals surface area contributed by atoms with Gasteiger partial charge in [0.05, 0.1) is 6.21 Å². The molecule has 5 aromatic rings. The Labute approximate surface area is 167 Å². The summed E-state index contributed by atoms with van der Waals surface area (Å²) in [5.41, 5.74) is 6.93. The molecule has 2 N–H and O–H groups in total. The van der Waals surface area contributed by atoms with Gasteiger partial charge in [0.25, 0.3) is 0 Å². The number of amides is 1. The van der Waals surface area contributed by atoms with Gasteiger partial charge in [-0.25, -0.2) is 5.43 Å². The lowest BCUT2D eigenvalue weighted by Crippen LogP contribution is -2.19. The second kappa shape index (κ2) is 7.28. The number of carbonyl (C=O) groups excluding carboxylic acids is 1. The van der Waals surface area contributed by atoms with E-state index in [0.717, 1.165) is 27.5 Å². The molecule has 0 saturated heterocycles. The van der Waals surface area contributed by atoms with Crippen molar-refractivity contribution in [2.24, 2.45) is 5.10 Å². The Bertz CT molecular complexity index is 1310. The highest BCUT2D eigenvalue weighted by molar-refractivity contribution is 6.08. The van der Waals surface area contributed by atoms with Gasteiger partial charge in [-0.2, -0.15) is 5.10 Å². The minimum absolute atomic E-state index is 0.108. The molecule has 0 atom stereocenters. The Morgan fingerprint density at radius 3 is 2.24 bits per heavy atom. The van der Waals surface area contributed by atoms with E-state index < -0.39 is 0 Å². The van der Waals surface area contributed by atoms with Gasteiger partial charge in [0.15, 0.2) is 0 Å². The number of carbonyl (C=O) groups is 1. The van der Waals surface area contributed by atoms with E-state index in [1.165, 1.54) is 10.8 Å². The maximum absolute atomic E-state index is 12.4. The molecule has 0 aliphatic heterocycles. The standard InChI is InChI=1S/C24H20N4O/c29-24(27-26-16-17-15-25-21-10-4-1-7-18(17)21)13-14-28-22-11-5-2-8-19(22)20-9-3-6-12-23(20)28/h1-12,15-16,25H,13-14H2,(H,27,29)/b26-16-. The third kappa shape index (κ3) is 3.17. The smallest absolute Gasteiger partial charge is 0.241 e. The Balaban J connectivity index is 1.31. The molecule has 3 aromatic carbocycles. The fourth-order valence-corrected chi connectivity index (χ4v) is 3.89. The Kier molecular flexibility index (Phi) is 4.33. The molecule has 0 unspecified atom stereocenters. The van der Waals surface area contributed by atoms with Crippen LogP contribution >= 0.6 is 0 Å². The van der Waals surface area contributed by atoms with E-state index >= 15 is 0 Å². The summed E-state index contributed by atoms with van der Waals surface area (Å²) < 4.78 is 2.20. The first-order chi connectivity index (χ1) is 14.3. The first-order valence-electron chi connectivity index (χ1n) is 9.65. The highest BCUT2D eigenvalue weighted by atomic mass is 16.2. The van der Waals surface area contributed by atoms with Gasteiger partial charge in [0.1, 0.15) is 0 Å². The summed E-state index contributed by atoms with van der Waals surface area (Å²) in [4.78, 5) is 15.6. The molecule has 5 nitrogen and oxygen atoms in total. The minimum atomic E-state index is -0.108. The zero-order chi connectivity index (χ0) is 19.6. The molecule has 142 valence electrons. The lowest BCUT2D eigenvalue weighted by molar-refractivity contribution is -0.121. The number of hydrogen-bond acceptors (Lipinski definition) is 2. The van der Waals surface area contributed by atoms with Crippen molar-refractivity contribution < 1.29 is 4.79 Å². The first kappa shape index (κ1) is 17.3. The number of hydrogen-bond donors (Lipinski definition) is 2. The van der Waals surface area contributed by atoms with Crippen molar-refractivity contribution in [1.29, 1.82) is 0 Å². The number of hydrazone groups is 1. The van der Waals surface area contributed by atoms with Crippen molar-refractivity contribution in [2.45, 2.75) is 13.0 Å². The van der Waals surface area contributed by atoms with E-state index in [9.17, 15) is 4.79 Å². The number of aromatic nitrogens is 2. The van der Waals surface area contributed by atoms with Crippen molar-refractivity contribution in [2.75, 3.05) is 0 Å². The van der Waals surface area contributed by atoms with Gasteiger partial charge < -0.3 is 9.55 Å². The molecule has 0 spiro atoms. The van der Waals surface area contributed by atoms with Crippen LogP contribution in [-0.4, -0.2) is 21.7 Å². The van der Waals surface area contributed by atoms with E-state index in [2.05, 4.69) is 44.3 Å². The fourth-order valence-electron chi connectivity index (χ4n) is 3.89. The number of fused-ring (bicyclic) bond motifs is 4. The summed E-state index contributed by atoms with van der Waals surface area (Å²) in [7, 11) is 0. The molecular formula is C24H20N4O. The monoisotopic (exact) mass is 380 g/mol. The van der Waals surface area contributed by atoms with E-state index in [4.69, 9.17) is 0 Å². The van der Waals surface area contributed by atoms with E-state index in [0.29, 0.717) is 13.0 Å². The maximum Gasteiger partial charge on any atom is 0.241 e. The van der Waals surface area contributed by atoms with Crippen LogP contribution in [0, 0.1) is 0 Å². The van der Waals surface area contributed by atoms with Crippen LogP contribution in [0.2, 0.25) is 0 Å². The maximum atomic E-state index is 12.4. The Morgan fingerprint density at radius 2 is 1.52 bits per heavy atom. The summed E-state index contributed by atoms with van der Waals surface area (Å²) in [6, 6.07) is 24.6. The SMILES string of the molecule is O=C(CCn1c2ccccc2c2ccccc21)N/N=C\c1c[nH]c2ccccc12. The van der Waals surface area contributed by atoms with Crippen molar-refractivity contribution in [3.05, 3.63) is 84.6 Å². The number of para-hydroxylation sites is 3. The zero-order valence-corrected chi connectivity index (χ0v) is 15.8. The topological polar surface area (TPSA) is 62.2 Å². The lowest BCUT2D eigenvalue weighted by atomic mass is 10.2. The van der Waals surface area contributed by atoms with Crippen molar-refractivity contribution in [1.82, 2.24) is 15.0 Å². The lowest BCUT2D eigenvalue weighted by Gasteiger charge is -2.06. The van der Waals surface area contributed by atoms with E-state index in [1.807, 2.05) is 54.7 Å². The van der Waals surface area contributed by atoms with Gasteiger partial charge in [0.2, 0.25) is 5.91 Å². The molecule has 2 aromatic heterocycles. The number of nitrogens with one attached hydrogen (secondary N) is 2. The van der Waals surface area contributed by atoms with Crippen molar-refractivity contribution >= 4 is 44.8 Å². The molecule has 1 amide bonds. The number of benzene rings is 3. The van der Waals surface area contributed by atoms with Gasteiger partial charge >= 0.3 is 0 Å². The Hall–Kier alpha value is -3.86. The van der Waals surface area contributed by atoms with Crippen LogP contribution in [0.25, 0.3) is 32.7 Å². The van der Waals surface area contributed by atoms with Crippen molar-refractivity contribution in [3.63, 3.8) is 0 Å². The van der Waals surface area contributed by atoms with Gasteiger partial charge in [0, 0.05) is 57.4 Å². The molecule has 5 rings (SSSR count). The van der Waals surface area contributed by atoms with Crippen LogP contribution in [0.5, 0.6) is 0 Å². The molecule has 29 heavy (non-hydrogen) atoms. The summed E-state index contributed by atoms with van der Waals surface area (Å²) in [5.74, 6) is -0.108. The van der Waals surface area contributed by atoms with Crippen molar-refractivity contribution in [3.8, 4) is 0 Å². The van der Waals surface area contributed by atoms with Gasteiger partial charge in [-0.1, -0.05) is 54.6 Å². The molecule has 0 radical (unpaired) electrons. The summed E-state index contributed by atoms with van der Waals surface area (Å²) in [6.07, 6.45) is 3.92. The van der Waals surface area contributed by atoms with Crippen LogP contribution in [0.4, 0.5) is 0 Å². The van der Waals surface area contributed by atoms with Crippen LogP contribution in [0.15, 0.2) is 84.1 Å². The second-order valence-electron chi connectivity index (χ2n) is 7.02. The molecular weight excluding hydrogens is 360 g/mol. The third-order valence-electron chi connectivity index (χ3n) is 5.26. The zero-order valence-electron chi connectivity index (χ0n) is 15.8. The third-order valence-corrected chi connectivity index (χ3v) is 5.26. The Morgan fingerprint density at radius 1 is 0.897 bits per heavy atom. The molecule has 0 bridgehead atoms. The average molecular weight is 380 g/mol. The second-order valence-corrected chi connectivity index (χ2v) is 7.02. The first-order valence-corrected chi connectivity index (χ1v) is 9.65. The van der Waals surface area contributed by atoms with Crippen LogP contribution in [-0.2, 0) is 11.3 Å². The number of H-pyrrole nitrogens is 1. The normalized spacial score (nSPS) is 11.7. The largest absolute Gasteiger partial charge is 0.361 e. The molecule has 0 aliphatic rings. The fraction of sp³-hybridized carbons (Fsp3) is 0.0833. The summed E-state index contributed by atoms with van der Waals surface area (Å²) in [6.45, 7) is 0.600. The molecule has 0 aliphatic carbocycles. The van der Waals surface area contributed by atoms with Crippen LogP contribution < -0.4 is 5.43 Å². The molecule has 2 heterocycles. The highest BCUT2D eigenvalue weighted by Gasteiger charge is 2.10. The molecule has 0 fully saturated rings. The molecule has 5 heteroatoms. The predicted octanol–water partition coefficient (Wildman–Crippen LogP) is 4.82. The van der Waals surface area contributed by atoms with Gasteiger partial charge in [-0.15, -0.1) is 0 Å².